The highest BCUT2D eigenvalue weighted by atomic mass is 16.7. The second-order valence-electron chi connectivity index (χ2n) is 7.37. The summed E-state index contributed by atoms with van der Waals surface area (Å²) in [6.45, 7) is 5.26. The van der Waals surface area contributed by atoms with Crippen LogP contribution in [0.3, 0.4) is 0 Å². The Hall–Kier alpha value is -3.10. The number of nitrogens with zero attached hydrogens (tertiary/aromatic N) is 1. The molecule has 152 valence electrons. The molecule has 0 aliphatic carbocycles. The van der Waals surface area contributed by atoms with E-state index in [0.29, 0.717) is 11.5 Å². The van der Waals surface area contributed by atoms with Gasteiger partial charge in [0.25, 0.3) is 11.8 Å². The summed E-state index contributed by atoms with van der Waals surface area (Å²) in [6, 6.07) is 8.90. The molecule has 0 radical (unpaired) electrons. The first-order chi connectivity index (χ1) is 13.1. The van der Waals surface area contributed by atoms with Crippen LogP contribution in [0.15, 0.2) is 30.3 Å². The third kappa shape index (κ3) is 6.90. The van der Waals surface area contributed by atoms with E-state index in [2.05, 4.69) is 10.6 Å². The van der Waals surface area contributed by atoms with Crippen molar-refractivity contribution >= 4 is 24.0 Å². The maximum atomic E-state index is 12.1. The van der Waals surface area contributed by atoms with E-state index in [4.69, 9.17) is 9.57 Å². The van der Waals surface area contributed by atoms with Gasteiger partial charge in [-0.05, 0) is 32.8 Å². The van der Waals surface area contributed by atoms with Crippen LogP contribution in [-0.4, -0.2) is 47.3 Å². The molecule has 1 aromatic rings. The van der Waals surface area contributed by atoms with Crippen LogP contribution in [0.2, 0.25) is 0 Å². The zero-order valence-electron chi connectivity index (χ0n) is 16.2. The molecule has 1 aliphatic rings. The van der Waals surface area contributed by atoms with Gasteiger partial charge in [0, 0.05) is 19.4 Å². The molecule has 0 bridgehead atoms. The number of alkyl carbamates (subject to hydrolysis) is 1. The Morgan fingerprint density at radius 2 is 1.68 bits per heavy atom. The summed E-state index contributed by atoms with van der Waals surface area (Å²) in [5.41, 5.74) is 0.285. The Bertz CT molecular complexity index is 713. The molecule has 9 nitrogen and oxygen atoms in total. The van der Waals surface area contributed by atoms with E-state index >= 15 is 0 Å². The van der Waals surface area contributed by atoms with Crippen molar-refractivity contribution in [3.63, 3.8) is 0 Å². The normalized spacial score (nSPS) is 15.2. The minimum absolute atomic E-state index is 0.0168. The van der Waals surface area contributed by atoms with Crippen molar-refractivity contribution in [3.05, 3.63) is 35.9 Å². The Kier molecular flexibility index (Phi) is 6.97. The van der Waals surface area contributed by atoms with E-state index in [-0.39, 0.29) is 19.4 Å². The second-order valence-corrected chi connectivity index (χ2v) is 7.37. The van der Waals surface area contributed by atoms with Crippen molar-refractivity contribution in [2.24, 2.45) is 0 Å². The van der Waals surface area contributed by atoms with Crippen LogP contribution in [0.1, 0.15) is 39.2 Å². The number of carbonyl (C=O) groups excluding carboxylic acids is 4. The van der Waals surface area contributed by atoms with Crippen LogP contribution in [0, 0.1) is 0 Å². The molecule has 0 aromatic heterocycles. The van der Waals surface area contributed by atoms with Gasteiger partial charge in [0.1, 0.15) is 5.60 Å². The molecule has 1 aliphatic heterocycles. The van der Waals surface area contributed by atoms with Gasteiger partial charge in [-0.25, -0.2) is 9.59 Å². The Labute approximate surface area is 163 Å². The third-order valence-corrected chi connectivity index (χ3v) is 3.72. The van der Waals surface area contributed by atoms with Gasteiger partial charge in [0.05, 0.1) is 6.04 Å². The highest BCUT2D eigenvalue weighted by Crippen LogP contribution is 2.12. The summed E-state index contributed by atoms with van der Waals surface area (Å²) in [7, 11) is 0. The van der Waals surface area contributed by atoms with Gasteiger partial charge < -0.3 is 20.2 Å². The number of hydrogen-bond donors (Lipinski definition) is 2. The molecular formula is C19H25N3O6. The SMILES string of the molecule is CC(C)(C)OC(=O)N[C@H](CNC(=O)ON1C(=O)CCC1=O)Cc1ccccc1. The van der Waals surface area contributed by atoms with Crippen LogP contribution in [-0.2, 0) is 25.6 Å². The highest BCUT2D eigenvalue weighted by Gasteiger charge is 2.33. The molecule has 0 saturated carbocycles. The molecule has 2 rings (SSSR count). The molecule has 1 fully saturated rings. The minimum atomic E-state index is -0.951. The van der Waals surface area contributed by atoms with Gasteiger partial charge in [-0.3, -0.25) is 9.59 Å². The summed E-state index contributed by atoms with van der Waals surface area (Å²) >= 11 is 0. The number of carbonyl (C=O) groups is 4. The molecule has 1 saturated heterocycles. The van der Waals surface area contributed by atoms with E-state index in [1.54, 1.807) is 20.8 Å². The van der Waals surface area contributed by atoms with E-state index < -0.39 is 35.6 Å². The van der Waals surface area contributed by atoms with Crippen molar-refractivity contribution in [2.75, 3.05) is 6.54 Å². The monoisotopic (exact) mass is 391 g/mol. The molecule has 28 heavy (non-hydrogen) atoms. The first-order valence-electron chi connectivity index (χ1n) is 8.99. The van der Waals surface area contributed by atoms with Gasteiger partial charge in [-0.2, -0.15) is 0 Å². The number of nitrogens with one attached hydrogen (secondary N) is 2. The second kappa shape index (κ2) is 9.20. The van der Waals surface area contributed by atoms with E-state index in [1.165, 1.54) is 0 Å². The van der Waals surface area contributed by atoms with Gasteiger partial charge in [0.15, 0.2) is 0 Å². The van der Waals surface area contributed by atoms with E-state index in [9.17, 15) is 19.2 Å². The average Bonchev–Trinajstić information content (AvgIpc) is 2.91. The Morgan fingerprint density at radius 1 is 1.07 bits per heavy atom. The molecule has 1 heterocycles. The lowest BCUT2D eigenvalue weighted by Gasteiger charge is -2.24. The Balaban J connectivity index is 1.94. The zero-order valence-corrected chi connectivity index (χ0v) is 16.2. The van der Waals surface area contributed by atoms with Crippen molar-refractivity contribution in [1.29, 1.82) is 0 Å². The van der Waals surface area contributed by atoms with Crippen LogP contribution in [0.5, 0.6) is 0 Å². The topological polar surface area (TPSA) is 114 Å². The smallest absolute Gasteiger partial charge is 0.432 e. The van der Waals surface area contributed by atoms with Crippen LogP contribution >= 0.6 is 0 Å². The van der Waals surface area contributed by atoms with Crippen LogP contribution in [0.4, 0.5) is 9.59 Å². The summed E-state index contributed by atoms with van der Waals surface area (Å²) in [5.74, 6) is -1.12. The minimum Gasteiger partial charge on any atom is -0.444 e. The van der Waals surface area contributed by atoms with Crippen LogP contribution in [0.25, 0.3) is 0 Å². The summed E-state index contributed by atoms with van der Waals surface area (Å²) in [4.78, 5) is 51.8. The quantitative estimate of drug-likeness (QED) is 0.716. The lowest BCUT2D eigenvalue weighted by molar-refractivity contribution is -0.171. The first kappa shape index (κ1) is 21.2. The number of hydrogen-bond acceptors (Lipinski definition) is 6. The van der Waals surface area contributed by atoms with E-state index in [1.807, 2.05) is 30.3 Å². The fourth-order valence-corrected chi connectivity index (χ4v) is 2.53. The van der Waals surface area contributed by atoms with Crippen molar-refractivity contribution < 1.29 is 28.8 Å². The largest absolute Gasteiger partial charge is 0.444 e. The highest BCUT2D eigenvalue weighted by molar-refractivity contribution is 6.01. The molecule has 2 N–H and O–H groups in total. The number of rotatable bonds is 6. The number of imide groups is 1. The average molecular weight is 391 g/mol. The maximum Gasteiger partial charge on any atom is 0.432 e. The third-order valence-electron chi connectivity index (χ3n) is 3.72. The molecule has 1 aromatic carbocycles. The van der Waals surface area contributed by atoms with E-state index in [0.717, 1.165) is 5.56 Å². The number of ether oxygens (including phenoxy) is 1. The van der Waals surface area contributed by atoms with Crippen molar-refractivity contribution in [2.45, 2.75) is 51.7 Å². The van der Waals surface area contributed by atoms with Gasteiger partial charge in [-0.1, -0.05) is 30.3 Å². The zero-order chi connectivity index (χ0) is 20.7. The summed E-state index contributed by atoms with van der Waals surface area (Å²) in [6.07, 6.45) is -1.10. The maximum absolute atomic E-state index is 12.1. The fourth-order valence-electron chi connectivity index (χ4n) is 2.53. The Morgan fingerprint density at radius 3 is 2.25 bits per heavy atom. The first-order valence-corrected chi connectivity index (χ1v) is 8.99. The fraction of sp³-hybridized carbons (Fsp3) is 0.474. The molecule has 0 unspecified atom stereocenters. The molecular weight excluding hydrogens is 366 g/mol. The summed E-state index contributed by atoms with van der Waals surface area (Å²) in [5, 5.41) is 5.63. The molecule has 4 amide bonds. The van der Waals surface area contributed by atoms with Crippen molar-refractivity contribution in [3.8, 4) is 0 Å². The van der Waals surface area contributed by atoms with Gasteiger partial charge in [-0.15, -0.1) is 5.06 Å². The number of benzene rings is 1. The standard InChI is InChI=1S/C19H25N3O6/c1-19(2,3)27-18(26)21-14(11-13-7-5-4-6-8-13)12-20-17(25)28-22-15(23)9-10-16(22)24/h4-8,14H,9-12H2,1-3H3,(H,20,25)(H,21,26)/t14-/m0/s1. The number of hydroxylamine groups is 2. The number of amides is 4. The van der Waals surface area contributed by atoms with Gasteiger partial charge >= 0.3 is 12.2 Å². The molecule has 0 spiro atoms. The lowest BCUT2D eigenvalue weighted by atomic mass is 10.1. The predicted molar refractivity (Wildman–Crippen MR) is 98.9 cm³/mol. The van der Waals surface area contributed by atoms with Gasteiger partial charge in [0.2, 0.25) is 0 Å². The van der Waals surface area contributed by atoms with Crippen molar-refractivity contribution in [1.82, 2.24) is 15.7 Å². The lowest BCUT2D eigenvalue weighted by Crippen LogP contribution is -2.47. The molecule has 1 atom stereocenters. The van der Waals surface area contributed by atoms with Crippen LogP contribution < -0.4 is 10.6 Å². The molecule has 9 heteroatoms. The predicted octanol–water partition coefficient (Wildman–Crippen LogP) is 1.91. The summed E-state index contributed by atoms with van der Waals surface area (Å²) < 4.78 is 5.26.